The van der Waals surface area contributed by atoms with Gasteiger partial charge in [-0.1, -0.05) is 5.57 Å². The predicted octanol–water partition coefficient (Wildman–Crippen LogP) is 2.33. The van der Waals surface area contributed by atoms with Gasteiger partial charge in [0.1, 0.15) is 6.16 Å². The molecule has 0 heterocycles. The van der Waals surface area contributed by atoms with E-state index < -0.39 is 32.1 Å². The topological polar surface area (TPSA) is 78.9 Å². The van der Waals surface area contributed by atoms with Gasteiger partial charge in [0.05, 0.1) is 13.2 Å². The highest BCUT2D eigenvalue weighted by Gasteiger charge is 2.27. The van der Waals surface area contributed by atoms with Crippen LogP contribution in [0.5, 0.6) is 0 Å². The summed E-state index contributed by atoms with van der Waals surface area (Å²) in [5.41, 5.74) is 0.770. The molecule has 0 amide bonds. The first-order valence-electron chi connectivity index (χ1n) is 6.04. The Kier molecular flexibility index (Phi) is 8.56. The molecule has 0 aromatic heterocycles. The molecule has 0 radical (unpaired) electrons. The van der Waals surface area contributed by atoms with Crippen molar-refractivity contribution in [2.24, 2.45) is 0 Å². The number of rotatable bonds is 9. The van der Waals surface area contributed by atoms with Crippen molar-refractivity contribution >= 4 is 19.3 Å². The van der Waals surface area contributed by atoms with Gasteiger partial charge in [-0.15, -0.1) is 0 Å². The summed E-state index contributed by atoms with van der Waals surface area (Å²) in [7, 11) is -3.42. The van der Waals surface area contributed by atoms with Crippen LogP contribution >= 0.6 is 7.60 Å². The third kappa shape index (κ3) is 8.70. The third-order valence-corrected chi connectivity index (χ3v) is 3.85. The lowest BCUT2D eigenvalue weighted by atomic mass is 10.3. The fourth-order valence-electron chi connectivity index (χ4n) is 1.21. The van der Waals surface area contributed by atoms with Crippen LogP contribution in [0.3, 0.4) is 0 Å². The summed E-state index contributed by atoms with van der Waals surface area (Å²) >= 11 is 0. The minimum atomic E-state index is -3.42. The second kappa shape index (κ2) is 9.02. The first-order chi connectivity index (χ1) is 8.83. The number of carbonyl (C=O) groups is 2. The fraction of sp³-hybridized carbons (Fsp3) is 0.667. The number of allylic oxidation sites excluding steroid dienone is 1. The van der Waals surface area contributed by atoms with Crippen LogP contribution in [0.2, 0.25) is 0 Å². The lowest BCUT2D eigenvalue weighted by molar-refractivity contribution is -0.142. The van der Waals surface area contributed by atoms with Crippen LogP contribution in [-0.4, -0.2) is 37.7 Å². The average molecular weight is 292 g/mol. The Morgan fingerprint density at radius 1 is 1.11 bits per heavy atom. The molecule has 0 atom stereocenters. The van der Waals surface area contributed by atoms with Crippen molar-refractivity contribution < 1.29 is 27.9 Å². The molecule has 0 N–H and O–H groups in total. The molecule has 0 aliphatic rings. The molecule has 19 heavy (non-hydrogen) atoms. The zero-order chi connectivity index (χ0) is 14.9. The number of Topliss-reactive ketones (excluding diaryl/α,β-unsaturated/α-hetero) is 1. The van der Waals surface area contributed by atoms with Crippen molar-refractivity contribution in [3.05, 3.63) is 11.6 Å². The smallest absolute Gasteiger partial charge is 0.338 e. The summed E-state index contributed by atoms with van der Waals surface area (Å²) in [5, 5.41) is 0. The summed E-state index contributed by atoms with van der Waals surface area (Å²) in [6.07, 6.45) is 0.884. The van der Waals surface area contributed by atoms with E-state index in [0.29, 0.717) is 0 Å². The molecule has 7 heteroatoms. The summed E-state index contributed by atoms with van der Waals surface area (Å²) in [6, 6.07) is 0. The predicted molar refractivity (Wildman–Crippen MR) is 71.1 cm³/mol. The molecule has 0 spiro atoms. The molecular formula is C12H21O6P. The zero-order valence-electron chi connectivity index (χ0n) is 11.8. The van der Waals surface area contributed by atoms with Gasteiger partial charge in [-0.3, -0.25) is 9.36 Å². The van der Waals surface area contributed by atoms with Gasteiger partial charge in [-0.25, -0.2) is 4.79 Å². The molecule has 0 saturated carbocycles. The van der Waals surface area contributed by atoms with E-state index in [-0.39, 0.29) is 13.2 Å². The minimum absolute atomic E-state index is 0.183. The Morgan fingerprint density at radius 2 is 1.63 bits per heavy atom. The van der Waals surface area contributed by atoms with Crippen molar-refractivity contribution in [3.63, 3.8) is 0 Å². The standard InChI is InChI=1S/C12H21O6P/c1-5-17-19(15,18-6-2)9-11(13)8-16-12(14)7-10(3)4/h7H,5-6,8-9H2,1-4H3. The number of carbonyl (C=O) groups excluding carboxylic acids is 2. The van der Waals surface area contributed by atoms with Crippen LogP contribution in [0.4, 0.5) is 0 Å². The number of hydrogen-bond acceptors (Lipinski definition) is 6. The van der Waals surface area contributed by atoms with Crippen molar-refractivity contribution in [1.82, 2.24) is 0 Å². The Labute approximate surface area is 113 Å². The average Bonchev–Trinajstić information content (AvgIpc) is 2.25. The van der Waals surface area contributed by atoms with Gasteiger partial charge in [-0.05, 0) is 27.7 Å². The second-order valence-electron chi connectivity index (χ2n) is 3.97. The largest absolute Gasteiger partial charge is 0.455 e. The molecule has 110 valence electrons. The quantitative estimate of drug-likeness (QED) is 0.368. The van der Waals surface area contributed by atoms with Crippen molar-refractivity contribution in [1.29, 1.82) is 0 Å². The lowest BCUT2D eigenvalue weighted by Gasteiger charge is -2.15. The third-order valence-electron chi connectivity index (χ3n) is 1.80. The Hall–Kier alpha value is -0.970. The molecular weight excluding hydrogens is 271 g/mol. The first-order valence-corrected chi connectivity index (χ1v) is 7.77. The Balaban J connectivity index is 4.32. The van der Waals surface area contributed by atoms with E-state index in [2.05, 4.69) is 0 Å². The van der Waals surface area contributed by atoms with Gasteiger partial charge < -0.3 is 13.8 Å². The highest BCUT2D eigenvalue weighted by atomic mass is 31.2. The molecule has 0 bridgehead atoms. The van der Waals surface area contributed by atoms with Crippen LogP contribution in [0.15, 0.2) is 11.6 Å². The molecule has 0 fully saturated rings. The summed E-state index contributed by atoms with van der Waals surface area (Å²) in [5.74, 6) is -1.10. The highest BCUT2D eigenvalue weighted by Crippen LogP contribution is 2.47. The zero-order valence-corrected chi connectivity index (χ0v) is 12.7. The summed E-state index contributed by atoms with van der Waals surface area (Å²) < 4.78 is 26.7. The Bertz CT molecular complexity index is 374. The van der Waals surface area contributed by atoms with E-state index in [9.17, 15) is 14.2 Å². The van der Waals surface area contributed by atoms with Crippen LogP contribution in [0.25, 0.3) is 0 Å². The maximum atomic E-state index is 12.0. The molecule has 0 rings (SSSR count). The maximum Gasteiger partial charge on any atom is 0.338 e. The van der Waals surface area contributed by atoms with Crippen LogP contribution < -0.4 is 0 Å². The van der Waals surface area contributed by atoms with E-state index in [1.807, 2.05) is 0 Å². The number of ether oxygens (including phenoxy) is 1. The van der Waals surface area contributed by atoms with Gasteiger partial charge in [0, 0.05) is 6.08 Å². The lowest BCUT2D eigenvalue weighted by Crippen LogP contribution is -2.17. The molecule has 0 aliphatic heterocycles. The van der Waals surface area contributed by atoms with E-state index in [1.165, 1.54) is 6.08 Å². The molecule has 0 aliphatic carbocycles. The van der Waals surface area contributed by atoms with Gasteiger partial charge in [0.15, 0.2) is 12.4 Å². The highest BCUT2D eigenvalue weighted by molar-refractivity contribution is 7.54. The van der Waals surface area contributed by atoms with E-state index in [1.54, 1.807) is 27.7 Å². The maximum absolute atomic E-state index is 12.0. The number of esters is 1. The van der Waals surface area contributed by atoms with Crippen LogP contribution in [0.1, 0.15) is 27.7 Å². The Morgan fingerprint density at radius 3 is 2.05 bits per heavy atom. The van der Waals surface area contributed by atoms with Gasteiger partial charge >= 0.3 is 13.6 Å². The molecule has 0 aromatic carbocycles. The monoisotopic (exact) mass is 292 g/mol. The van der Waals surface area contributed by atoms with E-state index in [0.717, 1.165) is 5.57 Å². The number of ketones is 1. The summed E-state index contributed by atoms with van der Waals surface area (Å²) in [4.78, 5) is 22.8. The number of hydrogen-bond donors (Lipinski definition) is 0. The first kappa shape index (κ1) is 18.0. The van der Waals surface area contributed by atoms with Gasteiger partial charge in [-0.2, -0.15) is 0 Å². The second-order valence-corrected chi connectivity index (χ2v) is 6.03. The van der Waals surface area contributed by atoms with Gasteiger partial charge in [0.2, 0.25) is 0 Å². The molecule has 0 unspecified atom stereocenters. The molecule has 6 nitrogen and oxygen atoms in total. The van der Waals surface area contributed by atoms with Crippen molar-refractivity contribution in [2.45, 2.75) is 27.7 Å². The van der Waals surface area contributed by atoms with Gasteiger partial charge in [0.25, 0.3) is 0 Å². The molecule has 0 aromatic rings. The normalized spacial score (nSPS) is 10.9. The van der Waals surface area contributed by atoms with Crippen LogP contribution in [-0.2, 0) is 27.9 Å². The fourth-order valence-corrected chi connectivity index (χ4v) is 2.78. The SMILES string of the molecule is CCOP(=O)(CC(=O)COC(=O)C=C(C)C)OCC. The summed E-state index contributed by atoms with van der Waals surface area (Å²) in [6.45, 7) is 6.72. The van der Waals surface area contributed by atoms with Crippen molar-refractivity contribution in [2.75, 3.05) is 26.0 Å². The molecule has 0 saturated heterocycles. The van der Waals surface area contributed by atoms with Crippen molar-refractivity contribution in [3.8, 4) is 0 Å². The van der Waals surface area contributed by atoms with E-state index in [4.69, 9.17) is 13.8 Å². The van der Waals surface area contributed by atoms with Crippen LogP contribution in [0, 0.1) is 0 Å². The minimum Gasteiger partial charge on any atom is -0.455 e. The van der Waals surface area contributed by atoms with E-state index >= 15 is 0 Å².